The molecule has 16 heavy (non-hydrogen) atoms. The fraction of sp³-hybridized carbons (Fsp3) is 1.00. The molecular formula is C14H28N2. The minimum Gasteiger partial charge on any atom is -0.308 e. The lowest BCUT2D eigenvalue weighted by Crippen LogP contribution is -2.65. The van der Waals surface area contributed by atoms with E-state index in [2.05, 4.69) is 37.9 Å². The van der Waals surface area contributed by atoms with E-state index in [0.717, 1.165) is 0 Å². The fourth-order valence-corrected chi connectivity index (χ4v) is 3.57. The van der Waals surface area contributed by atoms with Gasteiger partial charge in [-0.15, -0.1) is 0 Å². The SMILES string of the molecule is CCN1CC2(CCCC2)NCC1C(C)(C)C. The summed E-state index contributed by atoms with van der Waals surface area (Å²) in [5.41, 5.74) is 0.862. The molecule has 2 aliphatic rings. The van der Waals surface area contributed by atoms with Gasteiger partial charge in [0.1, 0.15) is 0 Å². The fourth-order valence-electron chi connectivity index (χ4n) is 3.57. The molecule has 0 aromatic heterocycles. The van der Waals surface area contributed by atoms with Gasteiger partial charge < -0.3 is 5.32 Å². The normalized spacial score (nSPS) is 31.1. The van der Waals surface area contributed by atoms with E-state index in [1.54, 1.807) is 0 Å². The van der Waals surface area contributed by atoms with Crippen molar-refractivity contribution in [3.05, 3.63) is 0 Å². The zero-order valence-corrected chi connectivity index (χ0v) is 11.5. The molecule has 1 unspecified atom stereocenters. The Labute approximate surface area is 101 Å². The molecule has 0 aromatic carbocycles. The summed E-state index contributed by atoms with van der Waals surface area (Å²) in [5, 5.41) is 3.87. The lowest BCUT2D eigenvalue weighted by atomic mass is 9.81. The molecule has 1 saturated heterocycles. The van der Waals surface area contributed by atoms with Crippen LogP contribution >= 0.6 is 0 Å². The zero-order chi connectivity index (χ0) is 11.8. The van der Waals surface area contributed by atoms with Gasteiger partial charge in [-0.3, -0.25) is 4.90 Å². The van der Waals surface area contributed by atoms with E-state index in [4.69, 9.17) is 0 Å². The van der Waals surface area contributed by atoms with Gasteiger partial charge in [0.15, 0.2) is 0 Å². The summed E-state index contributed by atoms with van der Waals surface area (Å²) in [6, 6.07) is 0.698. The van der Waals surface area contributed by atoms with Crippen LogP contribution in [-0.4, -0.2) is 36.1 Å². The number of nitrogens with one attached hydrogen (secondary N) is 1. The highest BCUT2D eigenvalue weighted by molar-refractivity contribution is 5.02. The maximum absolute atomic E-state index is 3.87. The van der Waals surface area contributed by atoms with Crippen LogP contribution in [-0.2, 0) is 0 Å². The first-order valence-electron chi connectivity index (χ1n) is 6.96. The lowest BCUT2D eigenvalue weighted by molar-refractivity contribution is 0.0278. The number of hydrogen-bond acceptors (Lipinski definition) is 2. The van der Waals surface area contributed by atoms with Crippen LogP contribution in [0.15, 0.2) is 0 Å². The molecule has 2 fully saturated rings. The van der Waals surface area contributed by atoms with Crippen LogP contribution in [0.2, 0.25) is 0 Å². The molecule has 1 aliphatic heterocycles. The van der Waals surface area contributed by atoms with Gasteiger partial charge in [0.05, 0.1) is 0 Å². The molecule has 1 aliphatic carbocycles. The minimum atomic E-state index is 0.392. The summed E-state index contributed by atoms with van der Waals surface area (Å²) in [7, 11) is 0. The Morgan fingerprint density at radius 3 is 2.38 bits per heavy atom. The van der Waals surface area contributed by atoms with Crippen LogP contribution < -0.4 is 5.32 Å². The van der Waals surface area contributed by atoms with E-state index < -0.39 is 0 Å². The van der Waals surface area contributed by atoms with Crippen molar-refractivity contribution in [3.8, 4) is 0 Å². The number of piperazine rings is 1. The van der Waals surface area contributed by atoms with Crippen LogP contribution in [0.3, 0.4) is 0 Å². The molecule has 0 radical (unpaired) electrons. The Morgan fingerprint density at radius 1 is 1.25 bits per heavy atom. The lowest BCUT2D eigenvalue weighted by Gasteiger charge is -2.50. The smallest absolute Gasteiger partial charge is 0.0309 e. The predicted molar refractivity (Wildman–Crippen MR) is 69.7 cm³/mol. The predicted octanol–water partition coefficient (Wildman–Crippen LogP) is 2.64. The zero-order valence-electron chi connectivity index (χ0n) is 11.5. The Hall–Kier alpha value is -0.0800. The van der Waals surface area contributed by atoms with Crippen molar-refractivity contribution in [2.24, 2.45) is 5.41 Å². The Morgan fingerprint density at radius 2 is 1.88 bits per heavy atom. The second-order valence-electron chi connectivity index (χ2n) is 6.81. The number of rotatable bonds is 1. The summed E-state index contributed by atoms with van der Waals surface area (Å²) >= 11 is 0. The van der Waals surface area contributed by atoms with Crippen molar-refractivity contribution in [2.75, 3.05) is 19.6 Å². The molecule has 1 spiro atoms. The molecule has 2 nitrogen and oxygen atoms in total. The molecule has 0 amide bonds. The maximum atomic E-state index is 3.87. The van der Waals surface area contributed by atoms with Crippen molar-refractivity contribution >= 4 is 0 Å². The Balaban J connectivity index is 2.07. The molecule has 0 aromatic rings. The average Bonchev–Trinajstić information content (AvgIpc) is 2.64. The van der Waals surface area contributed by atoms with E-state index in [0.29, 0.717) is 17.0 Å². The van der Waals surface area contributed by atoms with Gasteiger partial charge in [0.2, 0.25) is 0 Å². The van der Waals surface area contributed by atoms with E-state index >= 15 is 0 Å². The van der Waals surface area contributed by atoms with Gasteiger partial charge in [-0.25, -0.2) is 0 Å². The maximum Gasteiger partial charge on any atom is 0.0309 e. The second-order valence-corrected chi connectivity index (χ2v) is 6.81. The van der Waals surface area contributed by atoms with Gasteiger partial charge in [0, 0.05) is 24.7 Å². The molecule has 1 N–H and O–H groups in total. The van der Waals surface area contributed by atoms with E-state index in [-0.39, 0.29) is 0 Å². The first-order valence-corrected chi connectivity index (χ1v) is 6.96. The first-order chi connectivity index (χ1) is 7.47. The molecule has 2 rings (SSSR count). The van der Waals surface area contributed by atoms with Crippen molar-refractivity contribution in [3.63, 3.8) is 0 Å². The van der Waals surface area contributed by atoms with Crippen molar-refractivity contribution in [1.29, 1.82) is 0 Å². The average molecular weight is 224 g/mol. The highest BCUT2D eigenvalue weighted by Crippen LogP contribution is 2.36. The van der Waals surface area contributed by atoms with Gasteiger partial charge in [-0.05, 0) is 24.8 Å². The van der Waals surface area contributed by atoms with E-state index in [1.165, 1.54) is 45.3 Å². The molecule has 1 heterocycles. The molecule has 1 saturated carbocycles. The van der Waals surface area contributed by atoms with E-state index in [9.17, 15) is 0 Å². The van der Waals surface area contributed by atoms with E-state index in [1.807, 2.05) is 0 Å². The topological polar surface area (TPSA) is 15.3 Å². The molecule has 1 atom stereocenters. The quantitative estimate of drug-likeness (QED) is 0.736. The largest absolute Gasteiger partial charge is 0.308 e. The summed E-state index contributed by atoms with van der Waals surface area (Å²) in [5.74, 6) is 0. The highest BCUT2D eigenvalue weighted by atomic mass is 15.3. The van der Waals surface area contributed by atoms with Crippen LogP contribution in [0.25, 0.3) is 0 Å². The third kappa shape index (κ3) is 2.28. The number of hydrogen-bond donors (Lipinski definition) is 1. The third-order valence-corrected chi connectivity index (χ3v) is 4.58. The van der Waals surface area contributed by atoms with Gasteiger partial charge in [-0.2, -0.15) is 0 Å². The van der Waals surface area contributed by atoms with Crippen LogP contribution in [0.5, 0.6) is 0 Å². The third-order valence-electron chi connectivity index (χ3n) is 4.58. The standard InChI is InChI=1S/C14H28N2/c1-5-16-11-14(8-6-7-9-14)15-10-12(16)13(2,3)4/h12,15H,5-11H2,1-4H3. The first kappa shape index (κ1) is 12.4. The Bertz CT molecular complexity index is 236. The van der Waals surface area contributed by atoms with Crippen LogP contribution in [0.4, 0.5) is 0 Å². The van der Waals surface area contributed by atoms with Gasteiger partial charge in [-0.1, -0.05) is 40.5 Å². The van der Waals surface area contributed by atoms with Gasteiger partial charge >= 0.3 is 0 Å². The minimum absolute atomic E-state index is 0.392. The van der Waals surface area contributed by atoms with Crippen molar-refractivity contribution in [1.82, 2.24) is 10.2 Å². The van der Waals surface area contributed by atoms with Crippen LogP contribution in [0.1, 0.15) is 53.4 Å². The van der Waals surface area contributed by atoms with Gasteiger partial charge in [0.25, 0.3) is 0 Å². The number of nitrogens with zero attached hydrogens (tertiary/aromatic N) is 1. The summed E-state index contributed by atoms with van der Waals surface area (Å²) in [6.07, 6.45) is 5.62. The summed E-state index contributed by atoms with van der Waals surface area (Å²) in [4.78, 5) is 2.71. The summed E-state index contributed by atoms with van der Waals surface area (Å²) in [6.45, 7) is 13.1. The van der Waals surface area contributed by atoms with Crippen molar-refractivity contribution in [2.45, 2.75) is 65.0 Å². The molecule has 94 valence electrons. The highest BCUT2D eigenvalue weighted by Gasteiger charge is 2.43. The Kier molecular flexibility index (Phi) is 3.33. The molecule has 2 heteroatoms. The molecule has 0 bridgehead atoms. The van der Waals surface area contributed by atoms with Crippen LogP contribution in [0, 0.1) is 5.41 Å². The van der Waals surface area contributed by atoms with Crippen molar-refractivity contribution < 1.29 is 0 Å². The molecular weight excluding hydrogens is 196 g/mol. The number of likely N-dealkylation sites (N-methyl/N-ethyl adjacent to an activating group) is 1. The summed E-state index contributed by atoms with van der Waals surface area (Å²) < 4.78 is 0. The second kappa shape index (κ2) is 4.30. The monoisotopic (exact) mass is 224 g/mol.